The fourth-order valence-electron chi connectivity index (χ4n) is 2.63. The predicted octanol–water partition coefficient (Wildman–Crippen LogP) is 1.90. The molecule has 1 aliphatic rings. The summed E-state index contributed by atoms with van der Waals surface area (Å²) in [6.07, 6.45) is 1.42. The Balaban J connectivity index is 2.75. The Kier molecular flexibility index (Phi) is 4.23. The van der Waals surface area contributed by atoms with Crippen LogP contribution in [0.15, 0.2) is 0 Å². The molecule has 0 saturated carbocycles. The third-order valence-corrected chi connectivity index (χ3v) is 3.77. The third-order valence-electron chi connectivity index (χ3n) is 3.08. The Morgan fingerprint density at radius 1 is 1.31 bits per heavy atom. The Hall–Kier alpha value is 0.120. The molecule has 1 radical (unpaired) electrons. The van der Waals surface area contributed by atoms with Crippen LogP contribution in [-0.2, 0) is 10.0 Å². The zero-order valence-electron chi connectivity index (χ0n) is 10.3. The number of rotatable bonds is 2. The van der Waals surface area contributed by atoms with Crippen LogP contribution < -0.4 is 5.32 Å². The van der Waals surface area contributed by atoms with E-state index in [0.717, 1.165) is 0 Å². The number of hydrogen-bond acceptors (Lipinski definition) is 2. The van der Waals surface area contributed by atoms with Gasteiger partial charge in [-0.2, -0.15) is 0 Å². The predicted molar refractivity (Wildman–Crippen MR) is 70.7 cm³/mol. The van der Waals surface area contributed by atoms with Gasteiger partial charge in [-0.1, -0.05) is 22.6 Å². The number of hydrogen-bond donors (Lipinski definition) is 1. The van der Waals surface area contributed by atoms with Gasteiger partial charge in [-0.05, 0) is 40.5 Å². The van der Waals surface area contributed by atoms with E-state index in [1.54, 1.807) is 0 Å². The van der Waals surface area contributed by atoms with Gasteiger partial charge in [0.2, 0.25) is 5.91 Å². The molecule has 1 heterocycles. The van der Waals surface area contributed by atoms with Crippen molar-refractivity contribution in [3.8, 4) is 0 Å². The van der Waals surface area contributed by atoms with Crippen molar-refractivity contribution in [3.63, 3.8) is 0 Å². The van der Waals surface area contributed by atoms with Crippen LogP contribution in [-0.4, -0.2) is 32.5 Å². The van der Waals surface area contributed by atoms with Crippen molar-refractivity contribution in [2.24, 2.45) is 0 Å². The summed E-state index contributed by atoms with van der Waals surface area (Å²) < 4.78 is 0.468. The van der Waals surface area contributed by atoms with Crippen molar-refractivity contribution in [1.82, 2.24) is 10.4 Å². The van der Waals surface area contributed by atoms with Crippen molar-refractivity contribution >= 4 is 28.5 Å². The highest BCUT2D eigenvalue weighted by Crippen LogP contribution is 2.36. The summed E-state index contributed by atoms with van der Waals surface area (Å²) in [6.45, 7) is 7.74. The Labute approximate surface area is 111 Å². The highest BCUT2D eigenvalue weighted by atomic mass is 127. The topological polar surface area (TPSA) is 52.2 Å². The first kappa shape index (κ1) is 14.2. The quantitative estimate of drug-likeness (QED) is 0.617. The molecule has 0 atom stereocenters. The number of amides is 1. The van der Waals surface area contributed by atoms with E-state index in [-0.39, 0.29) is 11.9 Å². The van der Waals surface area contributed by atoms with Crippen LogP contribution >= 0.6 is 22.6 Å². The van der Waals surface area contributed by atoms with Gasteiger partial charge in [-0.25, -0.2) is 0 Å². The van der Waals surface area contributed by atoms with Crippen LogP contribution in [0.3, 0.4) is 0 Å². The van der Waals surface area contributed by atoms with Crippen molar-refractivity contribution < 1.29 is 10.0 Å². The molecular weight excluding hydrogens is 319 g/mol. The van der Waals surface area contributed by atoms with Crippen molar-refractivity contribution in [3.05, 3.63) is 0 Å². The second-order valence-electron chi connectivity index (χ2n) is 5.73. The lowest BCUT2D eigenvalue weighted by molar-refractivity contribution is -0.289. The fraction of sp³-hybridized carbons (Fsp3) is 0.909. The molecule has 1 amide bonds. The lowest BCUT2D eigenvalue weighted by Crippen LogP contribution is -2.62. The SMILES string of the molecule is CC1(C)CC(NC(=O)CI)CC(C)(C)N1[O]. The second kappa shape index (κ2) is 4.78. The summed E-state index contributed by atoms with van der Waals surface area (Å²) in [5, 5.41) is 16.2. The molecule has 0 aliphatic carbocycles. The number of nitrogens with zero attached hydrogens (tertiary/aromatic N) is 1. The van der Waals surface area contributed by atoms with E-state index in [4.69, 9.17) is 0 Å². The summed E-state index contributed by atoms with van der Waals surface area (Å²) >= 11 is 2.05. The van der Waals surface area contributed by atoms with Gasteiger partial charge in [0.05, 0.1) is 4.43 Å². The summed E-state index contributed by atoms with van der Waals surface area (Å²) in [5.41, 5.74) is -0.823. The molecule has 0 bridgehead atoms. The van der Waals surface area contributed by atoms with Gasteiger partial charge in [0.15, 0.2) is 0 Å². The molecule has 0 spiro atoms. The van der Waals surface area contributed by atoms with Gasteiger partial charge in [0.25, 0.3) is 0 Å². The molecule has 1 rings (SSSR count). The van der Waals surface area contributed by atoms with Crippen LogP contribution in [0.5, 0.6) is 0 Å². The van der Waals surface area contributed by atoms with E-state index in [0.29, 0.717) is 17.3 Å². The molecule has 1 fully saturated rings. The van der Waals surface area contributed by atoms with Gasteiger partial charge >= 0.3 is 0 Å². The summed E-state index contributed by atoms with van der Waals surface area (Å²) in [7, 11) is 0. The number of alkyl halides is 1. The average molecular weight is 339 g/mol. The first-order valence-electron chi connectivity index (χ1n) is 5.52. The molecule has 1 saturated heterocycles. The Morgan fingerprint density at radius 3 is 2.12 bits per heavy atom. The number of hydroxylamine groups is 2. The van der Waals surface area contributed by atoms with Gasteiger partial charge in [-0.15, -0.1) is 10.3 Å². The first-order chi connectivity index (χ1) is 7.19. The molecule has 0 aromatic heterocycles. The summed E-state index contributed by atoms with van der Waals surface area (Å²) in [4.78, 5) is 11.4. The number of halogens is 1. The van der Waals surface area contributed by atoms with Crippen LogP contribution in [0.2, 0.25) is 0 Å². The monoisotopic (exact) mass is 339 g/mol. The summed E-state index contributed by atoms with van der Waals surface area (Å²) in [6, 6.07) is 0.109. The van der Waals surface area contributed by atoms with Gasteiger partial charge in [0.1, 0.15) is 0 Å². The van der Waals surface area contributed by atoms with Gasteiger partial charge in [-0.3, -0.25) is 4.79 Å². The highest BCUT2D eigenvalue weighted by molar-refractivity contribution is 14.1. The Morgan fingerprint density at radius 2 is 1.75 bits per heavy atom. The second-order valence-corrected chi connectivity index (χ2v) is 6.49. The minimum atomic E-state index is -0.412. The van der Waals surface area contributed by atoms with Crippen LogP contribution in [0.25, 0.3) is 0 Å². The third kappa shape index (κ3) is 3.07. The minimum Gasteiger partial charge on any atom is -0.353 e. The van der Waals surface area contributed by atoms with Crippen LogP contribution in [0, 0.1) is 0 Å². The molecule has 1 aliphatic heterocycles. The molecule has 16 heavy (non-hydrogen) atoms. The maximum atomic E-state index is 12.1. The molecule has 0 unspecified atom stereocenters. The molecular formula is C11H20IN2O2. The number of nitrogens with one attached hydrogen (secondary N) is 1. The largest absolute Gasteiger partial charge is 0.353 e. The average Bonchev–Trinajstić information content (AvgIpc) is 2.13. The zero-order valence-corrected chi connectivity index (χ0v) is 12.5. The molecule has 93 valence electrons. The van der Waals surface area contributed by atoms with E-state index < -0.39 is 11.1 Å². The van der Waals surface area contributed by atoms with E-state index in [1.807, 2.05) is 50.3 Å². The lowest BCUT2D eigenvalue weighted by atomic mass is 9.79. The van der Waals surface area contributed by atoms with E-state index in [9.17, 15) is 10.0 Å². The smallest absolute Gasteiger partial charge is 0.230 e. The van der Waals surface area contributed by atoms with Crippen molar-refractivity contribution in [2.75, 3.05) is 4.43 Å². The number of piperidine rings is 1. The van der Waals surface area contributed by atoms with Crippen LogP contribution in [0.1, 0.15) is 40.5 Å². The van der Waals surface area contributed by atoms with Gasteiger partial charge < -0.3 is 5.32 Å². The maximum absolute atomic E-state index is 12.1. The van der Waals surface area contributed by atoms with E-state index in [2.05, 4.69) is 5.32 Å². The molecule has 0 aromatic carbocycles. The van der Waals surface area contributed by atoms with Gasteiger partial charge in [0, 0.05) is 17.1 Å². The summed E-state index contributed by atoms with van der Waals surface area (Å²) in [5.74, 6) is 0.0524. The fourth-order valence-corrected chi connectivity index (χ4v) is 2.85. The molecule has 5 heteroatoms. The Bertz CT molecular complexity index is 261. The maximum Gasteiger partial charge on any atom is 0.230 e. The number of carbonyl (C=O) groups excluding carboxylic acids is 1. The van der Waals surface area contributed by atoms with Crippen molar-refractivity contribution in [2.45, 2.75) is 57.7 Å². The standard InChI is InChI=1S/C11H20IN2O2/c1-10(2)5-8(13-9(15)7-12)6-11(3,4)14(10)16/h8H,5-7H2,1-4H3,(H,13,15). The van der Waals surface area contributed by atoms with Crippen molar-refractivity contribution in [1.29, 1.82) is 0 Å². The highest BCUT2D eigenvalue weighted by Gasteiger charge is 2.46. The lowest BCUT2D eigenvalue weighted by Gasteiger charge is -2.49. The minimum absolute atomic E-state index is 0.0524. The molecule has 4 nitrogen and oxygen atoms in total. The zero-order chi connectivity index (χ0) is 12.6. The van der Waals surface area contributed by atoms with E-state index in [1.165, 1.54) is 5.06 Å². The molecule has 0 aromatic rings. The first-order valence-corrected chi connectivity index (χ1v) is 7.04. The number of carbonyl (C=O) groups is 1. The molecule has 1 N–H and O–H groups in total. The van der Waals surface area contributed by atoms with Crippen LogP contribution in [0.4, 0.5) is 0 Å². The normalized spacial score (nSPS) is 25.4. The van der Waals surface area contributed by atoms with E-state index >= 15 is 0 Å².